The third-order valence-electron chi connectivity index (χ3n) is 12.4. The average Bonchev–Trinajstić information content (AvgIpc) is 4.02. The zero-order valence-corrected chi connectivity index (χ0v) is 33.9. The van der Waals surface area contributed by atoms with E-state index in [1.54, 1.807) is 0 Å². The second-order valence-corrected chi connectivity index (χ2v) is 16.0. The van der Waals surface area contributed by atoms with E-state index in [-0.39, 0.29) is 0 Å². The normalized spacial score (nSPS) is 11.8. The maximum atomic E-state index is 6.47. The number of fused-ring (bicyclic) bond motifs is 10. The van der Waals surface area contributed by atoms with E-state index in [4.69, 9.17) is 19.4 Å². The van der Waals surface area contributed by atoms with Gasteiger partial charge in [-0.1, -0.05) is 146 Å². The lowest BCUT2D eigenvalue weighted by Gasteiger charge is -2.12. The van der Waals surface area contributed by atoms with Crippen LogP contribution >= 0.6 is 0 Å². The molecule has 9 aromatic carbocycles. The lowest BCUT2D eigenvalue weighted by Crippen LogP contribution is -2.01. The highest BCUT2D eigenvalue weighted by molar-refractivity contribution is 6.26. The number of hydrogen-bond donors (Lipinski definition) is 0. The summed E-state index contributed by atoms with van der Waals surface area (Å²) in [6.45, 7) is 0. The zero-order chi connectivity index (χ0) is 41.4. The predicted octanol–water partition coefficient (Wildman–Crippen LogP) is 14.6. The van der Waals surface area contributed by atoms with Gasteiger partial charge in [0.1, 0.15) is 11.2 Å². The minimum atomic E-state index is 0.573. The van der Waals surface area contributed by atoms with E-state index >= 15 is 0 Å². The molecule has 294 valence electrons. The summed E-state index contributed by atoms with van der Waals surface area (Å²) in [5, 5.41) is 6.93. The van der Waals surface area contributed by atoms with Crippen LogP contribution in [0.4, 0.5) is 0 Å². The Balaban J connectivity index is 1.000. The quantitative estimate of drug-likeness (QED) is 0.168. The van der Waals surface area contributed by atoms with E-state index in [0.29, 0.717) is 17.5 Å². The molecule has 0 aliphatic heterocycles. The van der Waals surface area contributed by atoms with Crippen LogP contribution in [0.1, 0.15) is 0 Å². The highest BCUT2D eigenvalue weighted by atomic mass is 16.3. The van der Waals surface area contributed by atoms with Gasteiger partial charge in [0.2, 0.25) is 0 Å². The van der Waals surface area contributed by atoms with Gasteiger partial charge in [0.05, 0.1) is 22.1 Å². The Kier molecular flexibility index (Phi) is 7.80. The summed E-state index contributed by atoms with van der Waals surface area (Å²) in [6.07, 6.45) is 0. The van der Waals surface area contributed by atoms with Gasteiger partial charge in [0, 0.05) is 60.4 Å². The lowest BCUT2D eigenvalue weighted by atomic mass is 10.0. The minimum absolute atomic E-state index is 0.573. The Morgan fingerprint density at radius 2 is 0.873 bits per heavy atom. The Bertz CT molecular complexity index is 3900. The molecule has 0 radical (unpaired) electrons. The van der Waals surface area contributed by atoms with Crippen LogP contribution < -0.4 is 0 Å². The molecule has 13 aromatic rings. The van der Waals surface area contributed by atoms with Crippen molar-refractivity contribution in [2.24, 2.45) is 0 Å². The molecule has 0 unspecified atom stereocenters. The molecular formula is C57H35N5O. The van der Waals surface area contributed by atoms with E-state index in [0.717, 1.165) is 72.1 Å². The van der Waals surface area contributed by atoms with E-state index in [9.17, 15) is 0 Å². The molecule has 0 bridgehead atoms. The van der Waals surface area contributed by atoms with Crippen LogP contribution in [0, 0.1) is 0 Å². The van der Waals surface area contributed by atoms with Gasteiger partial charge in [-0.15, -0.1) is 0 Å². The molecular weight excluding hydrogens is 771 g/mol. The number of nitrogens with zero attached hydrogens (tertiary/aromatic N) is 5. The van der Waals surface area contributed by atoms with Crippen molar-refractivity contribution in [1.82, 2.24) is 24.1 Å². The minimum Gasteiger partial charge on any atom is -0.456 e. The number of para-hydroxylation sites is 3. The van der Waals surface area contributed by atoms with Gasteiger partial charge in [0.15, 0.2) is 17.5 Å². The largest absolute Gasteiger partial charge is 0.456 e. The van der Waals surface area contributed by atoms with Gasteiger partial charge in [-0.2, -0.15) is 0 Å². The smallest absolute Gasteiger partial charge is 0.164 e. The fourth-order valence-corrected chi connectivity index (χ4v) is 9.49. The first kappa shape index (κ1) is 35.2. The van der Waals surface area contributed by atoms with Crippen molar-refractivity contribution in [3.05, 3.63) is 212 Å². The second kappa shape index (κ2) is 14.0. The third-order valence-corrected chi connectivity index (χ3v) is 12.4. The zero-order valence-electron chi connectivity index (χ0n) is 33.9. The Hall–Kier alpha value is -8.61. The number of aromatic nitrogens is 5. The number of rotatable bonds is 6. The van der Waals surface area contributed by atoms with E-state index in [2.05, 4.69) is 185 Å². The summed E-state index contributed by atoms with van der Waals surface area (Å²) in [7, 11) is 0. The highest BCUT2D eigenvalue weighted by Gasteiger charge is 2.22. The van der Waals surface area contributed by atoms with E-state index in [1.807, 2.05) is 36.4 Å². The van der Waals surface area contributed by atoms with Crippen molar-refractivity contribution in [2.75, 3.05) is 0 Å². The fraction of sp³-hybridized carbons (Fsp3) is 0. The maximum absolute atomic E-state index is 6.47. The standard InChI is InChI=1S/C57H35N5O/c1-4-15-36(16-5-1)38-28-32-51-47(34-38)44-29-27-40(35-52(44)63-51)57-59-55(37-17-6-2-7-18-37)58-56(60-57)39-19-14-22-42(33-39)62-48-25-12-10-23-43(48)45-30-31-50-53(54(45)62)46-24-11-13-26-49(46)61(50)41-20-8-3-9-21-41/h1-35H. The van der Waals surface area contributed by atoms with Crippen LogP contribution in [-0.2, 0) is 0 Å². The summed E-state index contributed by atoms with van der Waals surface area (Å²) in [4.78, 5) is 15.5. The SMILES string of the molecule is c1ccc(-c2ccc3oc4cc(-c5nc(-c6ccccc6)nc(-c6cccc(-n7c8ccccc8c8ccc9c(c%10ccccc%10n9-c9ccccc9)c87)c6)n5)ccc4c3c2)cc1. The number of furan rings is 1. The van der Waals surface area contributed by atoms with Gasteiger partial charge in [-0.3, -0.25) is 0 Å². The van der Waals surface area contributed by atoms with Gasteiger partial charge in [-0.25, -0.2) is 15.0 Å². The van der Waals surface area contributed by atoms with Crippen molar-refractivity contribution >= 4 is 65.6 Å². The molecule has 63 heavy (non-hydrogen) atoms. The molecule has 0 saturated heterocycles. The highest BCUT2D eigenvalue weighted by Crippen LogP contribution is 2.42. The molecule has 0 amide bonds. The van der Waals surface area contributed by atoms with Crippen molar-refractivity contribution < 1.29 is 4.42 Å². The monoisotopic (exact) mass is 805 g/mol. The molecule has 6 heteroatoms. The average molecular weight is 806 g/mol. The first-order valence-corrected chi connectivity index (χ1v) is 21.2. The van der Waals surface area contributed by atoms with Crippen LogP contribution in [0.25, 0.3) is 122 Å². The van der Waals surface area contributed by atoms with Crippen LogP contribution in [0.3, 0.4) is 0 Å². The molecule has 0 atom stereocenters. The van der Waals surface area contributed by atoms with Gasteiger partial charge >= 0.3 is 0 Å². The summed E-state index contributed by atoms with van der Waals surface area (Å²) in [6, 6.07) is 74.4. The lowest BCUT2D eigenvalue weighted by molar-refractivity contribution is 0.669. The van der Waals surface area contributed by atoms with Crippen LogP contribution in [0.5, 0.6) is 0 Å². The number of hydrogen-bond acceptors (Lipinski definition) is 4. The topological polar surface area (TPSA) is 61.7 Å². The molecule has 13 rings (SSSR count). The Labute approximate surface area is 361 Å². The molecule has 0 saturated carbocycles. The molecule has 0 spiro atoms. The maximum Gasteiger partial charge on any atom is 0.164 e. The molecule has 0 aliphatic rings. The van der Waals surface area contributed by atoms with Crippen molar-refractivity contribution in [3.8, 4) is 56.7 Å². The van der Waals surface area contributed by atoms with Crippen molar-refractivity contribution in [3.63, 3.8) is 0 Å². The fourth-order valence-electron chi connectivity index (χ4n) is 9.49. The molecule has 0 fully saturated rings. The van der Waals surface area contributed by atoms with E-state index in [1.165, 1.54) is 32.6 Å². The second-order valence-electron chi connectivity index (χ2n) is 16.0. The van der Waals surface area contributed by atoms with Gasteiger partial charge < -0.3 is 13.6 Å². The van der Waals surface area contributed by atoms with Crippen LogP contribution in [0.2, 0.25) is 0 Å². The summed E-state index contributed by atoms with van der Waals surface area (Å²) in [5.74, 6) is 1.76. The summed E-state index contributed by atoms with van der Waals surface area (Å²) >= 11 is 0. The van der Waals surface area contributed by atoms with E-state index < -0.39 is 0 Å². The van der Waals surface area contributed by atoms with Crippen LogP contribution in [0.15, 0.2) is 217 Å². The molecule has 4 aromatic heterocycles. The summed E-state index contributed by atoms with van der Waals surface area (Å²) in [5.41, 5.74) is 13.3. The van der Waals surface area contributed by atoms with Crippen molar-refractivity contribution in [1.29, 1.82) is 0 Å². The predicted molar refractivity (Wildman–Crippen MR) is 258 cm³/mol. The van der Waals surface area contributed by atoms with Gasteiger partial charge in [0.25, 0.3) is 0 Å². The first-order valence-electron chi connectivity index (χ1n) is 21.2. The summed E-state index contributed by atoms with van der Waals surface area (Å²) < 4.78 is 11.3. The molecule has 0 aliphatic carbocycles. The third kappa shape index (κ3) is 5.62. The molecule has 6 nitrogen and oxygen atoms in total. The molecule has 4 heterocycles. The Morgan fingerprint density at radius 1 is 0.302 bits per heavy atom. The first-order chi connectivity index (χ1) is 31.2. The number of benzene rings is 9. The van der Waals surface area contributed by atoms with Gasteiger partial charge in [-0.05, 0) is 77.9 Å². The Morgan fingerprint density at radius 3 is 1.63 bits per heavy atom. The molecule has 0 N–H and O–H groups in total. The van der Waals surface area contributed by atoms with Crippen LogP contribution in [-0.4, -0.2) is 24.1 Å². The van der Waals surface area contributed by atoms with Crippen molar-refractivity contribution in [2.45, 2.75) is 0 Å².